The van der Waals surface area contributed by atoms with Gasteiger partial charge in [-0.15, -0.1) is 0 Å². The first kappa shape index (κ1) is 17.4. The van der Waals surface area contributed by atoms with Gasteiger partial charge in [-0.25, -0.2) is 4.98 Å². The third-order valence-electron chi connectivity index (χ3n) is 3.04. The van der Waals surface area contributed by atoms with Crippen molar-refractivity contribution in [3.05, 3.63) is 51.1 Å². The molecule has 1 aromatic carbocycles. The molecule has 0 unspecified atom stereocenters. The van der Waals surface area contributed by atoms with Crippen molar-refractivity contribution in [2.24, 2.45) is 0 Å². The van der Waals surface area contributed by atoms with Crippen LogP contribution in [0.4, 0.5) is 18.9 Å². The molecule has 2 aromatic rings. The molecular formula is C13H12F3N5O3. The number of nitrogens with zero attached hydrogens (tertiary/aromatic N) is 3. The molecule has 8 nitrogen and oxygen atoms in total. The summed E-state index contributed by atoms with van der Waals surface area (Å²) in [7, 11) is 0. The first-order valence-electron chi connectivity index (χ1n) is 6.70. The Morgan fingerprint density at radius 2 is 2.12 bits per heavy atom. The largest absolute Gasteiger partial charge is 0.416 e. The van der Waals surface area contributed by atoms with Crippen LogP contribution in [-0.4, -0.2) is 32.6 Å². The zero-order chi connectivity index (χ0) is 17.9. The van der Waals surface area contributed by atoms with Gasteiger partial charge in [-0.3, -0.25) is 20.0 Å². The SMILES string of the molecule is Cc1nc(CCNC(=O)c2cc(C(F)(F)F)ccc2[N+](=O)[O-])n[nH]1. The van der Waals surface area contributed by atoms with E-state index in [1.807, 2.05) is 0 Å². The number of amides is 1. The summed E-state index contributed by atoms with van der Waals surface area (Å²) in [6.45, 7) is 1.70. The highest BCUT2D eigenvalue weighted by Gasteiger charge is 2.33. The van der Waals surface area contributed by atoms with Crippen molar-refractivity contribution in [3.63, 3.8) is 0 Å². The van der Waals surface area contributed by atoms with Crippen LogP contribution in [0.25, 0.3) is 0 Å². The van der Waals surface area contributed by atoms with E-state index in [2.05, 4.69) is 20.5 Å². The van der Waals surface area contributed by atoms with Crippen molar-refractivity contribution >= 4 is 11.6 Å². The van der Waals surface area contributed by atoms with Crippen LogP contribution in [0.15, 0.2) is 18.2 Å². The molecule has 24 heavy (non-hydrogen) atoms. The van der Waals surface area contributed by atoms with Gasteiger partial charge in [0.15, 0.2) is 5.82 Å². The Bertz CT molecular complexity index is 772. The van der Waals surface area contributed by atoms with Crippen LogP contribution in [0.1, 0.15) is 27.6 Å². The molecule has 2 N–H and O–H groups in total. The molecule has 1 amide bonds. The predicted octanol–water partition coefficient (Wildman–Crippen LogP) is 2.01. The van der Waals surface area contributed by atoms with E-state index in [0.717, 1.165) is 0 Å². The Morgan fingerprint density at radius 1 is 1.42 bits per heavy atom. The highest BCUT2D eigenvalue weighted by molar-refractivity contribution is 5.98. The molecular weight excluding hydrogens is 331 g/mol. The molecule has 1 heterocycles. The van der Waals surface area contributed by atoms with Crippen LogP contribution in [0.5, 0.6) is 0 Å². The first-order chi connectivity index (χ1) is 11.2. The number of hydrogen-bond donors (Lipinski definition) is 2. The summed E-state index contributed by atoms with van der Waals surface area (Å²) < 4.78 is 38.2. The zero-order valence-electron chi connectivity index (χ0n) is 12.3. The summed E-state index contributed by atoms with van der Waals surface area (Å²) in [5, 5.41) is 19.7. The minimum atomic E-state index is -4.71. The summed E-state index contributed by atoms with van der Waals surface area (Å²) in [5.41, 5.74) is -2.49. The number of carbonyl (C=O) groups excluding carboxylic acids is 1. The minimum absolute atomic E-state index is 0.0174. The molecule has 0 aliphatic carbocycles. The van der Waals surface area contributed by atoms with Crippen molar-refractivity contribution in [1.29, 1.82) is 0 Å². The normalized spacial score (nSPS) is 11.3. The molecule has 0 bridgehead atoms. The average Bonchev–Trinajstić information content (AvgIpc) is 2.91. The number of carbonyl (C=O) groups is 1. The lowest BCUT2D eigenvalue weighted by Gasteiger charge is -2.09. The molecule has 0 aliphatic heterocycles. The Balaban J connectivity index is 2.15. The summed E-state index contributed by atoms with van der Waals surface area (Å²) in [6.07, 6.45) is -4.48. The number of nitro benzene ring substituents is 1. The summed E-state index contributed by atoms with van der Waals surface area (Å²) >= 11 is 0. The van der Waals surface area contributed by atoms with Crippen molar-refractivity contribution in [2.45, 2.75) is 19.5 Å². The Labute approximate surface area is 133 Å². The smallest absolute Gasteiger partial charge is 0.351 e. The van der Waals surface area contributed by atoms with Gasteiger partial charge >= 0.3 is 6.18 Å². The number of benzene rings is 1. The molecule has 0 atom stereocenters. The van der Waals surface area contributed by atoms with E-state index < -0.39 is 33.8 Å². The van der Waals surface area contributed by atoms with Crippen molar-refractivity contribution in [3.8, 4) is 0 Å². The van der Waals surface area contributed by atoms with E-state index in [4.69, 9.17) is 0 Å². The molecule has 0 fully saturated rings. The predicted molar refractivity (Wildman–Crippen MR) is 75.3 cm³/mol. The number of aromatic amines is 1. The number of hydrogen-bond acceptors (Lipinski definition) is 5. The second kappa shape index (κ2) is 6.64. The van der Waals surface area contributed by atoms with E-state index in [9.17, 15) is 28.1 Å². The molecule has 1 aromatic heterocycles. The lowest BCUT2D eigenvalue weighted by Crippen LogP contribution is -2.27. The zero-order valence-corrected chi connectivity index (χ0v) is 12.3. The van der Waals surface area contributed by atoms with Gasteiger partial charge in [0.1, 0.15) is 11.4 Å². The van der Waals surface area contributed by atoms with Gasteiger partial charge in [0.2, 0.25) is 0 Å². The molecule has 0 aliphatic rings. The second-order valence-electron chi connectivity index (χ2n) is 4.83. The molecule has 2 rings (SSSR count). The van der Waals surface area contributed by atoms with Gasteiger partial charge in [0, 0.05) is 19.0 Å². The number of rotatable bonds is 5. The van der Waals surface area contributed by atoms with Crippen LogP contribution >= 0.6 is 0 Å². The van der Waals surface area contributed by atoms with Crippen molar-refractivity contribution in [2.75, 3.05) is 6.54 Å². The topological polar surface area (TPSA) is 114 Å². The Hall–Kier alpha value is -2.98. The van der Waals surface area contributed by atoms with Crippen molar-refractivity contribution in [1.82, 2.24) is 20.5 Å². The highest BCUT2D eigenvalue weighted by Crippen LogP contribution is 2.32. The average molecular weight is 343 g/mol. The quantitative estimate of drug-likeness (QED) is 0.637. The van der Waals surface area contributed by atoms with Crippen LogP contribution < -0.4 is 5.32 Å². The standard InChI is InChI=1S/C13H12F3N5O3/c1-7-18-11(20-19-7)4-5-17-12(22)9-6-8(13(14,15)16)2-3-10(9)21(23)24/h2-3,6H,4-5H2,1H3,(H,17,22)(H,18,19,20). The van der Waals surface area contributed by atoms with Gasteiger partial charge in [0.05, 0.1) is 10.5 Å². The highest BCUT2D eigenvalue weighted by atomic mass is 19.4. The number of aryl methyl sites for hydroxylation is 1. The molecule has 0 saturated heterocycles. The maximum absolute atomic E-state index is 12.7. The fourth-order valence-electron chi connectivity index (χ4n) is 1.94. The van der Waals surface area contributed by atoms with Gasteiger partial charge in [-0.05, 0) is 19.1 Å². The van der Waals surface area contributed by atoms with E-state index in [0.29, 0.717) is 29.8 Å². The molecule has 0 saturated carbocycles. The monoisotopic (exact) mass is 343 g/mol. The number of nitro groups is 1. The maximum atomic E-state index is 12.7. The van der Waals surface area contributed by atoms with E-state index in [1.165, 1.54) is 0 Å². The first-order valence-corrected chi connectivity index (χ1v) is 6.70. The van der Waals surface area contributed by atoms with Gasteiger partial charge in [0.25, 0.3) is 11.6 Å². The van der Waals surface area contributed by atoms with Crippen LogP contribution in [-0.2, 0) is 12.6 Å². The molecule has 11 heteroatoms. The van der Waals surface area contributed by atoms with E-state index in [-0.39, 0.29) is 13.0 Å². The van der Waals surface area contributed by atoms with Crippen molar-refractivity contribution < 1.29 is 22.9 Å². The molecule has 0 spiro atoms. The summed E-state index contributed by atoms with van der Waals surface area (Å²) in [6, 6.07) is 1.69. The third kappa shape index (κ3) is 4.06. The van der Waals surface area contributed by atoms with Gasteiger partial charge in [-0.1, -0.05) is 0 Å². The van der Waals surface area contributed by atoms with Gasteiger partial charge < -0.3 is 5.32 Å². The maximum Gasteiger partial charge on any atom is 0.416 e. The van der Waals surface area contributed by atoms with Crippen LogP contribution in [0.3, 0.4) is 0 Å². The Kier molecular flexibility index (Phi) is 4.81. The van der Waals surface area contributed by atoms with Crippen LogP contribution in [0, 0.1) is 17.0 Å². The van der Waals surface area contributed by atoms with Crippen LogP contribution in [0.2, 0.25) is 0 Å². The fraction of sp³-hybridized carbons (Fsp3) is 0.308. The number of H-pyrrole nitrogens is 1. The molecule has 0 radical (unpaired) electrons. The second-order valence-corrected chi connectivity index (χ2v) is 4.83. The number of nitrogens with one attached hydrogen (secondary N) is 2. The number of aromatic nitrogens is 3. The lowest BCUT2D eigenvalue weighted by atomic mass is 10.1. The Morgan fingerprint density at radius 3 is 2.67 bits per heavy atom. The summed E-state index contributed by atoms with van der Waals surface area (Å²) in [5.74, 6) is 0.0104. The van der Waals surface area contributed by atoms with E-state index in [1.54, 1.807) is 6.92 Å². The number of alkyl halides is 3. The fourth-order valence-corrected chi connectivity index (χ4v) is 1.94. The van der Waals surface area contributed by atoms with Gasteiger partial charge in [-0.2, -0.15) is 18.3 Å². The third-order valence-corrected chi connectivity index (χ3v) is 3.04. The summed E-state index contributed by atoms with van der Waals surface area (Å²) in [4.78, 5) is 26.0. The number of halogens is 3. The molecule has 128 valence electrons. The minimum Gasteiger partial charge on any atom is -0.351 e. The van der Waals surface area contributed by atoms with E-state index >= 15 is 0 Å². The lowest BCUT2D eigenvalue weighted by molar-refractivity contribution is -0.385.